The van der Waals surface area contributed by atoms with Crippen molar-refractivity contribution in [2.24, 2.45) is 0 Å². The number of nitrogens with zero attached hydrogens (tertiary/aromatic N) is 2. The van der Waals surface area contributed by atoms with E-state index in [1.54, 1.807) is 6.26 Å². The third-order valence-corrected chi connectivity index (χ3v) is 7.88. The maximum Gasteiger partial charge on any atom is 0.269 e. The standard InChI is InChI=1S/C18H28FN3O4S/c1-6-18(9-11-26-12-10-20,21-27(5,25)17(2,3)4)15-13-14(22(23)24)7-8-16(15)19/h7-8,13,21,25H,6,9,11-12H2,1-5H3/t18-/m0/s1. The highest BCUT2D eigenvalue weighted by Crippen LogP contribution is 2.53. The molecule has 0 heterocycles. The molecule has 1 rings (SSSR count). The van der Waals surface area contributed by atoms with Gasteiger partial charge < -0.3 is 9.29 Å². The average Bonchev–Trinajstić information content (AvgIpc) is 2.56. The molecule has 1 aromatic rings. The summed E-state index contributed by atoms with van der Waals surface area (Å²) in [6.07, 6.45) is 2.27. The molecule has 0 fully saturated rings. The second kappa shape index (κ2) is 8.97. The highest BCUT2D eigenvalue weighted by atomic mass is 32.3. The summed E-state index contributed by atoms with van der Waals surface area (Å²) < 4.78 is 33.8. The van der Waals surface area contributed by atoms with Gasteiger partial charge in [0, 0.05) is 28.7 Å². The van der Waals surface area contributed by atoms with Crippen LogP contribution in [0.5, 0.6) is 0 Å². The zero-order valence-corrected chi connectivity index (χ0v) is 17.2. The van der Waals surface area contributed by atoms with E-state index in [9.17, 15) is 19.1 Å². The first kappa shape index (κ1) is 23.3. The van der Waals surface area contributed by atoms with Crippen molar-refractivity contribution in [3.05, 3.63) is 39.7 Å². The van der Waals surface area contributed by atoms with Crippen molar-refractivity contribution >= 4 is 16.2 Å². The molecule has 0 aliphatic rings. The van der Waals surface area contributed by atoms with Gasteiger partial charge in [0.15, 0.2) is 0 Å². The zero-order chi connectivity index (χ0) is 20.9. The van der Waals surface area contributed by atoms with Gasteiger partial charge >= 0.3 is 0 Å². The molecular weight excluding hydrogens is 373 g/mol. The summed E-state index contributed by atoms with van der Waals surface area (Å²) in [5.74, 6) is -0.598. The van der Waals surface area contributed by atoms with Crippen LogP contribution < -0.4 is 4.72 Å². The number of hydrogen-bond acceptors (Lipinski definition) is 6. The number of ether oxygens (including phenoxy) is 1. The number of rotatable bonds is 9. The van der Waals surface area contributed by atoms with Crippen molar-refractivity contribution in [3.8, 4) is 6.07 Å². The van der Waals surface area contributed by atoms with E-state index in [0.29, 0.717) is 6.42 Å². The molecule has 0 aliphatic heterocycles. The fourth-order valence-corrected chi connectivity index (χ4v) is 3.99. The molecule has 152 valence electrons. The fourth-order valence-electron chi connectivity index (χ4n) is 2.57. The van der Waals surface area contributed by atoms with Crippen molar-refractivity contribution in [1.82, 2.24) is 4.72 Å². The minimum Gasteiger partial charge on any atom is -0.366 e. The summed E-state index contributed by atoms with van der Waals surface area (Å²) in [4.78, 5) is 10.6. The molecule has 7 nitrogen and oxygen atoms in total. The van der Waals surface area contributed by atoms with Gasteiger partial charge in [-0.1, -0.05) is 17.4 Å². The molecule has 27 heavy (non-hydrogen) atoms. The van der Waals surface area contributed by atoms with Crippen LogP contribution in [0.1, 0.15) is 46.1 Å². The van der Waals surface area contributed by atoms with Crippen molar-refractivity contribution in [2.75, 3.05) is 19.5 Å². The summed E-state index contributed by atoms with van der Waals surface area (Å²) in [5.41, 5.74) is -1.20. The quantitative estimate of drug-likeness (QED) is 0.359. The van der Waals surface area contributed by atoms with Gasteiger partial charge in [-0.05, 0) is 39.7 Å². The molecule has 0 spiro atoms. The number of halogens is 1. The molecule has 0 bridgehead atoms. The Hall–Kier alpha value is -1.73. The number of nitro benzene ring substituents is 1. The topological polar surface area (TPSA) is 108 Å². The molecule has 1 unspecified atom stereocenters. The maximum atomic E-state index is 14.7. The molecule has 1 aromatic carbocycles. The lowest BCUT2D eigenvalue weighted by molar-refractivity contribution is -0.385. The molecule has 0 radical (unpaired) electrons. The number of hydrogen-bond donors (Lipinski definition) is 2. The first-order valence-corrected chi connectivity index (χ1v) is 10.6. The molecule has 9 heteroatoms. The van der Waals surface area contributed by atoms with Gasteiger partial charge in [-0.2, -0.15) is 5.26 Å². The van der Waals surface area contributed by atoms with Crippen LogP contribution in [-0.2, 0) is 10.3 Å². The van der Waals surface area contributed by atoms with E-state index in [0.717, 1.165) is 12.1 Å². The van der Waals surface area contributed by atoms with Crippen LogP contribution in [0.15, 0.2) is 18.2 Å². The molecule has 2 atom stereocenters. The summed E-state index contributed by atoms with van der Waals surface area (Å²) >= 11 is 0. The summed E-state index contributed by atoms with van der Waals surface area (Å²) in [6.45, 7) is 7.44. The second-order valence-corrected chi connectivity index (χ2v) is 10.6. The van der Waals surface area contributed by atoms with Gasteiger partial charge in [0.1, 0.15) is 12.4 Å². The predicted molar refractivity (Wildman–Crippen MR) is 105 cm³/mol. The van der Waals surface area contributed by atoms with Gasteiger partial charge in [0.05, 0.1) is 23.1 Å². The molecule has 0 saturated carbocycles. The molecule has 0 saturated heterocycles. The zero-order valence-electron chi connectivity index (χ0n) is 16.4. The lowest BCUT2D eigenvalue weighted by Crippen LogP contribution is -2.49. The van der Waals surface area contributed by atoms with E-state index in [1.807, 2.05) is 33.8 Å². The Kier molecular flexibility index (Phi) is 7.75. The second-order valence-electron chi connectivity index (χ2n) is 7.41. The molecule has 0 aromatic heterocycles. The van der Waals surface area contributed by atoms with E-state index in [2.05, 4.69) is 4.72 Å². The molecular formula is C18H28FN3O4S. The van der Waals surface area contributed by atoms with Gasteiger partial charge in [0.2, 0.25) is 0 Å². The van der Waals surface area contributed by atoms with Gasteiger partial charge in [-0.3, -0.25) is 14.8 Å². The molecule has 0 amide bonds. The van der Waals surface area contributed by atoms with E-state index in [-0.39, 0.29) is 30.9 Å². The summed E-state index contributed by atoms with van der Waals surface area (Å²) in [7, 11) is -2.42. The van der Waals surface area contributed by atoms with Crippen LogP contribution in [0, 0.1) is 27.3 Å². The van der Waals surface area contributed by atoms with E-state index in [1.165, 1.54) is 6.07 Å². The fraction of sp³-hybridized carbons (Fsp3) is 0.611. The summed E-state index contributed by atoms with van der Waals surface area (Å²) in [5, 5.41) is 19.8. The monoisotopic (exact) mass is 401 g/mol. The van der Waals surface area contributed by atoms with Crippen molar-refractivity contribution in [1.29, 1.82) is 5.26 Å². The van der Waals surface area contributed by atoms with E-state index in [4.69, 9.17) is 10.00 Å². The van der Waals surface area contributed by atoms with Crippen molar-refractivity contribution in [2.45, 2.75) is 50.8 Å². The highest BCUT2D eigenvalue weighted by Gasteiger charge is 2.42. The molecule has 0 aliphatic carbocycles. The highest BCUT2D eigenvalue weighted by molar-refractivity contribution is 8.28. The minimum absolute atomic E-state index is 0.108. The number of nitriles is 1. The van der Waals surface area contributed by atoms with Crippen molar-refractivity contribution in [3.63, 3.8) is 0 Å². The van der Waals surface area contributed by atoms with Gasteiger partial charge in [0.25, 0.3) is 5.69 Å². The number of nitrogens with one attached hydrogen (secondary N) is 1. The summed E-state index contributed by atoms with van der Waals surface area (Å²) in [6, 6.07) is 5.25. The Labute approximate surface area is 161 Å². The molecule has 2 N–H and O–H groups in total. The third-order valence-electron chi connectivity index (χ3n) is 4.71. The Morgan fingerprint density at radius 3 is 2.56 bits per heavy atom. The van der Waals surface area contributed by atoms with Gasteiger partial charge in [-0.15, -0.1) is 0 Å². The van der Waals surface area contributed by atoms with Crippen LogP contribution in [0.3, 0.4) is 0 Å². The number of benzene rings is 1. The van der Waals surface area contributed by atoms with E-state index >= 15 is 0 Å². The SMILES string of the molecule is CC[C@@](CCOCC#N)(NS(C)(O)C(C)(C)C)c1cc([N+](=O)[O-])ccc1F. The average molecular weight is 402 g/mol. The smallest absolute Gasteiger partial charge is 0.269 e. The van der Waals surface area contributed by atoms with Crippen LogP contribution >= 0.6 is 10.5 Å². The Bertz CT molecular complexity index is 716. The normalized spacial score (nSPS) is 17.4. The predicted octanol–water partition coefficient (Wildman–Crippen LogP) is 4.48. The maximum absolute atomic E-state index is 14.7. The Morgan fingerprint density at radius 2 is 2.07 bits per heavy atom. The van der Waals surface area contributed by atoms with Gasteiger partial charge in [-0.25, -0.2) is 4.39 Å². The van der Waals surface area contributed by atoms with E-state index < -0.39 is 31.5 Å². The van der Waals surface area contributed by atoms with Crippen LogP contribution in [-0.4, -0.2) is 33.7 Å². The Morgan fingerprint density at radius 1 is 1.44 bits per heavy atom. The third kappa shape index (κ3) is 5.62. The lowest BCUT2D eigenvalue weighted by atomic mass is 9.84. The largest absolute Gasteiger partial charge is 0.366 e. The van der Waals surface area contributed by atoms with Crippen LogP contribution in [0.2, 0.25) is 0 Å². The van der Waals surface area contributed by atoms with Crippen LogP contribution in [0.4, 0.5) is 10.1 Å². The number of non-ortho nitro benzene ring substituents is 1. The minimum atomic E-state index is -2.42. The first-order valence-electron chi connectivity index (χ1n) is 8.58. The number of nitro groups is 1. The Balaban J connectivity index is 3.46. The lowest BCUT2D eigenvalue weighted by Gasteiger charge is -2.50. The van der Waals surface area contributed by atoms with Crippen molar-refractivity contribution < 1.29 is 18.6 Å². The first-order chi connectivity index (χ1) is 12.4. The van der Waals surface area contributed by atoms with Crippen LogP contribution in [0.25, 0.3) is 0 Å².